The van der Waals surface area contributed by atoms with Crippen molar-refractivity contribution >= 4 is 11.5 Å². The predicted molar refractivity (Wildman–Crippen MR) is 71.3 cm³/mol. The standard InChI is InChI=1S/C14H14FN3O/c1-10-2-7-13(16-8-10)18-14(9-19-14)17-12-5-3-11(15)4-6-12/h2-8,17H,9H2,1H3,(H,16,18). The van der Waals surface area contributed by atoms with E-state index in [1.54, 1.807) is 18.3 Å². The molecule has 2 N–H and O–H groups in total. The summed E-state index contributed by atoms with van der Waals surface area (Å²) in [4.78, 5) is 4.27. The Morgan fingerprint density at radius 2 is 1.89 bits per heavy atom. The van der Waals surface area contributed by atoms with Crippen molar-refractivity contribution < 1.29 is 9.13 Å². The minimum Gasteiger partial charge on any atom is -0.338 e. The van der Waals surface area contributed by atoms with Gasteiger partial charge in [0.1, 0.15) is 18.2 Å². The van der Waals surface area contributed by atoms with E-state index in [0.717, 1.165) is 17.1 Å². The van der Waals surface area contributed by atoms with Crippen LogP contribution in [0.4, 0.5) is 15.9 Å². The van der Waals surface area contributed by atoms with Gasteiger partial charge in [-0.25, -0.2) is 9.37 Å². The van der Waals surface area contributed by atoms with Gasteiger partial charge in [0, 0.05) is 11.9 Å². The topological polar surface area (TPSA) is 49.5 Å². The Morgan fingerprint density at radius 1 is 1.16 bits per heavy atom. The molecule has 0 amide bonds. The zero-order chi connectivity index (χ0) is 13.3. The van der Waals surface area contributed by atoms with Crippen molar-refractivity contribution in [1.29, 1.82) is 0 Å². The maximum atomic E-state index is 12.8. The Bertz CT molecular complexity index is 515. The number of pyridine rings is 1. The number of hydrogen-bond acceptors (Lipinski definition) is 4. The van der Waals surface area contributed by atoms with Gasteiger partial charge in [-0.2, -0.15) is 0 Å². The average molecular weight is 259 g/mol. The lowest BCUT2D eigenvalue weighted by molar-refractivity contribution is 0.358. The van der Waals surface area contributed by atoms with Crippen LogP contribution in [-0.4, -0.2) is 17.4 Å². The Labute approximate surface area is 110 Å². The Kier molecular flexibility index (Phi) is 2.83. The highest BCUT2D eigenvalue weighted by atomic mass is 19.1. The summed E-state index contributed by atoms with van der Waals surface area (Å²) < 4.78 is 18.2. The van der Waals surface area contributed by atoms with Gasteiger partial charge >= 0.3 is 0 Å². The number of benzene rings is 1. The summed E-state index contributed by atoms with van der Waals surface area (Å²) in [6, 6.07) is 10.0. The molecule has 1 atom stereocenters. The Morgan fingerprint density at radius 3 is 2.47 bits per heavy atom. The number of hydrogen-bond donors (Lipinski definition) is 2. The summed E-state index contributed by atoms with van der Waals surface area (Å²) in [5.41, 5.74) is 1.89. The van der Waals surface area contributed by atoms with Gasteiger partial charge < -0.3 is 15.4 Å². The second kappa shape index (κ2) is 4.51. The van der Waals surface area contributed by atoms with E-state index in [4.69, 9.17) is 4.74 Å². The number of rotatable bonds is 4. The number of ether oxygens (including phenoxy) is 1. The predicted octanol–water partition coefficient (Wildman–Crippen LogP) is 2.74. The van der Waals surface area contributed by atoms with Crippen LogP contribution in [-0.2, 0) is 4.74 Å². The third-order valence-electron chi connectivity index (χ3n) is 2.86. The fourth-order valence-corrected chi connectivity index (χ4v) is 1.76. The third-order valence-corrected chi connectivity index (χ3v) is 2.86. The molecule has 1 fully saturated rings. The molecule has 4 nitrogen and oxygen atoms in total. The van der Waals surface area contributed by atoms with Crippen molar-refractivity contribution in [2.24, 2.45) is 0 Å². The van der Waals surface area contributed by atoms with Gasteiger partial charge in [0.05, 0.1) is 0 Å². The maximum Gasteiger partial charge on any atom is 0.242 e. The van der Waals surface area contributed by atoms with Crippen LogP contribution in [0.2, 0.25) is 0 Å². The molecule has 0 radical (unpaired) electrons. The minimum atomic E-state index is -0.639. The molecule has 0 bridgehead atoms. The summed E-state index contributed by atoms with van der Waals surface area (Å²) in [5, 5.41) is 6.36. The van der Waals surface area contributed by atoms with E-state index in [1.165, 1.54) is 12.1 Å². The van der Waals surface area contributed by atoms with Crippen LogP contribution in [0.25, 0.3) is 0 Å². The number of aryl methyl sites for hydroxylation is 1. The number of nitrogens with zero attached hydrogens (tertiary/aromatic N) is 1. The van der Waals surface area contributed by atoms with Crippen LogP contribution in [0, 0.1) is 12.7 Å². The number of halogens is 1. The first-order valence-corrected chi connectivity index (χ1v) is 6.04. The molecule has 1 aliphatic rings. The van der Waals surface area contributed by atoms with Crippen molar-refractivity contribution in [3.8, 4) is 0 Å². The van der Waals surface area contributed by atoms with E-state index >= 15 is 0 Å². The van der Waals surface area contributed by atoms with Crippen molar-refractivity contribution in [2.45, 2.75) is 12.8 Å². The summed E-state index contributed by atoms with van der Waals surface area (Å²) in [6.07, 6.45) is 1.79. The molecular formula is C14H14FN3O. The average Bonchev–Trinajstić information content (AvgIpc) is 3.15. The summed E-state index contributed by atoms with van der Waals surface area (Å²) in [6.45, 7) is 2.51. The highest BCUT2D eigenvalue weighted by Crippen LogP contribution is 2.29. The van der Waals surface area contributed by atoms with Crippen molar-refractivity contribution in [1.82, 2.24) is 4.98 Å². The lowest BCUT2D eigenvalue weighted by atomic mass is 10.3. The van der Waals surface area contributed by atoms with Gasteiger partial charge in [0.25, 0.3) is 0 Å². The first-order valence-electron chi connectivity index (χ1n) is 6.04. The number of nitrogens with one attached hydrogen (secondary N) is 2. The van der Waals surface area contributed by atoms with E-state index < -0.39 is 5.85 Å². The van der Waals surface area contributed by atoms with Gasteiger partial charge in [-0.05, 0) is 42.8 Å². The zero-order valence-electron chi connectivity index (χ0n) is 10.5. The SMILES string of the molecule is Cc1ccc(NC2(Nc3ccc(F)cc3)CO2)nc1. The first kappa shape index (κ1) is 11.9. The maximum absolute atomic E-state index is 12.8. The van der Waals surface area contributed by atoms with Gasteiger partial charge in [-0.3, -0.25) is 0 Å². The van der Waals surface area contributed by atoms with E-state index in [9.17, 15) is 4.39 Å². The van der Waals surface area contributed by atoms with Gasteiger partial charge in [-0.15, -0.1) is 0 Å². The highest BCUT2D eigenvalue weighted by Gasteiger charge is 2.45. The second-order valence-electron chi connectivity index (χ2n) is 4.59. The largest absolute Gasteiger partial charge is 0.338 e. The Balaban J connectivity index is 1.70. The zero-order valence-corrected chi connectivity index (χ0v) is 10.5. The second-order valence-corrected chi connectivity index (χ2v) is 4.59. The molecule has 1 unspecified atom stereocenters. The number of anilines is 2. The summed E-state index contributed by atoms with van der Waals surface area (Å²) >= 11 is 0. The molecule has 98 valence electrons. The van der Waals surface area contributed by atoms with Gasteiger partial charge in [-0.1, -0.05) is 6.07 Å². The van der Waals surface area contributed by atoms with Gasteiger partial charge in [0.15, 0.2) is 0 Å². The minimum absolute atomic E-state index is 0.260. The van der Waals surface area contributed by atoms with Crippen molar-refractivity contribution in [2.75, 3.05) is 17.2 Å². The van der Waals surface area contributed by atoms with Crippen LogP contribution in [0.1, 0.15) is 5.56 Å². The van der Waals surface area contributed by atoms with E-state index in [0.29, 0.717) is 6.61 Å². The monoisotopic (exact) mass is 259 g/mol. The van der Waals surface area contributed by atoms with Crippen LogP contribution in [0.15, 0.2) is 42.6 Å². The third kappa shape index (κ3) is 2.82. The molecular weight excluding hydrogens is 245 g/mol. The lowest BCUT2D eigenvalue weighted by Gasteiger charge is -2.17. The van der Waals surface area contributed by atoms with E-state index in [1.807, 2.05) is 19.1 Å². The lowest BCUT2D eigenvalue weighted by Crippen LogP contribution is -2.33. The van der Waals surface area contributed by atoms with E-state index in [2.05, 4.69) is 15.6 Å². The van der Waals surface area contributed by atoms with Crippen molar-refractivity contribution in [3.05, 3.63) is 54.0 Å². The normalized spacial score (nSPS) is 20.9. The van der Waals surface area contributed by atoms with Crippen LogP contribution in [0.3, 0.4) is 0 Å². The number of aromatic nitrogens is 1. The molecule has 3 rings (SSSR count). The Hall–Kier alpha value is -2.14. The molecule has 1 saturated heterocycles. The highest BCUT2D eigenvalue weighted by molar-refractivity contribution is 5.50. The van der Waals surface area contributed by atoms with Gasteiger partial charge in [0.2, 0.25) is 5.85 Å². The van der Waals surface area contributed by atoms with E-state index in [-0.39, 0.29) is 5.82 Å². The molecule has 0 spiro atoms. The molecule has 1 aromatic carbocycles. The fourth-order valence-electron chi connectivity index (χ4n) is 1.76. The van der Waals surface area contributed by atoms with Crippen LogP contribution in [0.5, 0.6) is 0 Å². The first-order chi connectivity index (χ1) is 9.15. The van der Waals surface area contributed by atoms with Crippen LogP contribution < -0.4 is 10.6 Å². The molecule has 19 heavy (non-hydrogen) atoms. The fraction of sp³-hybridized carbons (Fsp3) is 0.214. The molecule has 2 heterocycles. The van der Waals surface area contributed by atoms with Crippen LogP contribution >= 0.6 is 0 Å². The van der Waals surface area contributed by atoms with Crippen molar-refractivity contribution in [3.63, 3.8) is 0 Å². The molecule has 0 saturated carbocycles. The molecule has 2 aromatic rings. The molecule has 1 aliphatic heterocycles. The molecule has 1 aromatic heterocycles. The molecule has 0 aliphatic carbocycles. The summed E-state index contributed by atoms with van der Waals surface area (Å²) in [7, 11) is 0. The molecule has 5 heteroatoms. The number of epoxide rings is 1. The summed E-state index contributed by atoms with van der Waals surface area (Å²) in [5.74, 6) is -0.165. The smallest absolute Gasteiger partial charge is 0.242 e. The quantitative estimate of drug-likeness (QED) is 0.654.